The van der Waals surface area contributed by atoms with E-state index in [2.05, 4.69) is 23.4 Å². The number of fused-ring (bicyclic) bond motifs is 1. The molecular weight excluding hydrogens is 142 g/mol. The number of thiophene rings is 1. The van der Waals surface area contributed by atoms with Gasteiger partial charge in [-0.05, 0) is 30.4 Å². The molecule has 2 heteroatoms. The van der Waals surface area contributed by atoms with Gasteiger partial charge in [-0.3, -0.25) is 4.99 Å². The molecule has 1 aliphatic rings. The van der Waals surface area contributed by atoms with Gasteiger partial charge >= 0.3 is 0 Å². The zero-order valence-electron chi connectivity index (χ0n) is 5.92. The summed E-state index contributed by atoms with van der Waals surface area (Å²) >= 11 is 1.80. The van der Waals surface area contributed by atoms with E-state index in [4.69, 9.17) is 0 Å². The second-order valence-corrected chi connectivity index (χ2v) is 3.41. The fourth-order valence-electron chi connectivity index (χ4n) is 1.27. The SMILES string of the molecule is CC1=NCCc2ccsc21. The molecule has 0 spiro atoms. The lowest BCUT2D eigenvalue weighted by molar-refractivity contribution is 0.951. The average molecular weight is 151 g/mol. The largest absolute Gasteiger partial charge is 0.288 e. The Morgan fingerprint density at radius 1 is 1.60 bits per heavy atom. The third-order valence-electron chi connectivity index (χ3n) is 1.81. The van der Waals surface area contributed by atoms with E-state index < -0.39 is 0 Å². The molecule has 0 fully saturated rings. The lowest BCUT2D eigenvalue weighted by atomic mass is 10.1. The maximum atomic E-state index is 4.37. The zero-order valence-corrected chi connectivity index (χ0v) is 6.74. The van der Waals surface area contributed by atoms with Crippen molar-refractivity contribution in [3.8, 4) is 0 Å². The minimum atomic E-state index is 0.982. The maximum Gasteiger partial charge on any atom is 0.0510 e. The van der Waals surface area contributed by atoms with Crippen LogP contribution in [-0.2, 0) is 6.42 Å². The van der Waals surface area contributed by atoms with Gasteiger partial charge in [0.05, 0.1) is 4.88 Å². The molecule has 52 valence electrons. The first-order valence-electron chi connectivity index (χ1n) is 3.46. The van der Waals surface area contributed by atoms with Crippen molar-refractivity contribution in [3.05, 3.63) is 21.9 Å². The fraction of sp³-hybridized carbons (Fsp3) is 0.375. The molecule has 0 amide bonds. The quantitative estimate of drug-likeness (QED) is 0.538. The summed E-state index contributed by atoms with van der Waals surface area (Å²) in [5.41, 5.74) is 2.70. The van der Waals surface area contributed by atoms with Crippen LogP contribution in [0.5, 0.6) is 0 Å². The van der Waals surface area contributed by atoms with Crippen LogP contribution in [0.2, 0.25) is 0 Å². The van der Waals surface area contributed by atoms with E-state index in [1.165, 1.54) is 16.2 Å². The van der Waals surface area contributed by atoms with Gasteiger partial charge < -0.3 is 0 Å². The second-order valence-electron chi connectivity index (χ2n) is 2.49. The van der Waals surface area contributed by atoms with Crippen molar-refractivity contribution in [2.24, 2.45) is 4.99 Å². The molecule has 10 heavy (non-hydrogen) atoms. The van der Waals surface area contributed by atoms with Gasteiger partial charge in [-0.25, -0.2) is 0 Å². The molecule has 1 aromatic rings. The molecule has 0 saturated carbocycles. The molecule has 0 aliphatic carbocycles. The zero-order chi connectivity index (χ0) is 6.97. The van der Waals surface area contributed by atoms with Gasteiger partial charge in [0.1, 0.15) is 0 Å². The molecular formula is C8H9NS. The normalized spacial score (nSPS) is 16.3. The van der Waals surface area contributed by atoms with Crippen LogP contribution in [-0.4, -0.2) is 12.3 Å². The van der Waals surface area contributed by atoms with Gasteiger partial charge in [-0.1, -0.05) is 0 Å². The Morgan fingerprint density at radius 3 is 3.30 bits per heavy atom. The summed E-state index contributed by atoms with van der Waals surface area (Å²) in [5, 5.41) is 2.15. The lowest BCUT2D eigenvalue weighted by Crippen LogP contribution is -2.05. The molecule has 2 heterocycles. The van der Waals surface area contributed by atoms with Crippen LogP contribution in [0.25, 0.3) is 0 Å². The molecule has 0 bridgehead atoms. The highest BCUT2D eigenvalue weighted by atomic mass is 32.1. The van der Waals surface area contributed by atoms with Crippen molar-refractivity contribution in [1.29, 1.82) is 0 Å². The van der Waals surface area contributed by atoms with E-state index in [9.17, 15) is 0 Å². The van der Waals surface area contributed by atoms with Crippen LogP contribution in [0.1, 0.15) is 17.4 Å². The number of hydrogen-bond donors (Lipinski definition) is 0. The summed E-state index contributed by atoms with van der Waals surface area (Å²) in [5.74, 6) is 0. The van der Waals surface area contributed by atoms with E-state index in [0.29, 0.717) is 0 Å². The van der Waals surface area contributed by atoms with Gasteiger partial charge in [0.25, 0.3) is 0 Å². The number of aliphatic imine (C=N–C) groups is 1. The van der Waals surface area contributed by atoms with Gasteiger partial charge in [0.2, 0.25) is 0 Å². The third-order valence-corrected chi connectivity index (χ3v) is 2.87. The highest BCUT2D eigenvalue weighted by molar-refractivity contribution is 7.12. The molecule has 0 atom stereocenters. The van der Waals surface area contributed by atoms with Crippen LogP contribution in [0, 0.1) is 0 Å². The summed E-state index contributed by atoms with van der Waals surface area (Å²) in [7, 11) is 0. The molecule has 0 N–H and O–H groups in total. The Hall–Kier alpha value is -0.630. The van der Waals surface area contributed by atoms with E-state index in [1.54, 1.807) is 11.3 Å². The molecule has 2 rings (SSSR count). The summed E-state index contributed by atoms with van der Waals surface area (Å²) in [4.78, 5) is 5.77. The molecule has 0 aromatic carbocycles. The van der Waals surface area contributed by atoms with Crippen molar-refractivity contribution < 1.29 is 0 Å². The number of rotatable bonds is 0. The van der Waals surface area contributed by atoms with E-state index in [-0.39, 0.29) is 0 Å². The van der Waals surface area contributed by atoms with Crippen molar-refractivity contribution >= 4 is 17.0 Å². The predicted molar refractivity (Wildman–Crippen MR) is 45.1 cm³/mol. The van der Waals surface area contributed by atoms with Crippen LogP contribution < -0.4 is 0 Å². The van der Waals surface area contributed by atoms with Crippen molar-refractivity contribution in [1.82, 2.24) is 0 Å². The first kappa shape index (κ1) is 6.10. The Labute approximate surface area is 64.4 Å². The highest BCUT2D eigenvalue weighted by Crippen LogP contribution is 2.21. The van der Waals surface area contributed by atoms with Crippen molar-refractivity contribution in [2.45, 2.75) is 13.3 Å². The van der Waals surface area contributed by atoms with Crippen LogP contribution in [0.15, 0.2) is 16.4 Å². The molecule has 0 radical (unpaired) electrons. The van der Waals surface area contributed by atoms with Gasteiger partial charge in [-0.15, -0.1) is 11.3 Å². The van der Waals surface area contributed by atoms with Gasteiger partial charge in [0.15, 0.2) is 0 Å². The van der Waals surface area contributed by atoms with Crippen LogP contribution in [0.4, 0.5) is 0 Å². The first-order valence-corrected chi connectivity index (χ1v) is 4.33. The fourth-order valence-corrected chi connectivity index (χ4v) is 2.19. The molecule has 1 aliphatic heterocycles. The van der Waals surface area contributed by atoms with Gasteiger partial charge in [-0.2, -0.15) is 0 Å². The van der Waals surface area contributed by atoms with Crippen LogP contribution in [0.3, 0.4) is 0 Å². The monoisotopic (exact) mass is 151 g/mol. The standard InChI is InChI=1S/C8H9NS/c1-6-8-7(2-4-9-6)3-5-10-8/h3,5H,2,4H2,1H3. The third kappa shape index (κ3) is 0.797. The number of nitrogens with zero attached hydrogens (tertiary/aromatic N) is 1. The summed E-state index contributed by atoms with van der Waals surface area (Å²) in [6, 6.07) is 2.21. The van der Waals surface area contributed by atoms with Gasteiger partial charge in [0, 0.05) is 12.3 Å². The van der Waals surface area contributed by atoms with E-state index >= 15 is 0 Å². The second kappa shape index (κ2) is 2.20. The minimum absolute atomic E-state index is 0.982. The Morgan fingerprint density at radius 2 is 2.50 bits per heavy atom. The first-order chi connectivity index (χ1) is 4.88. The molecule has 1 nitrogen and oxygen atoms in total. The van der Waals surface area contributed by atoms with E-state index in [1.807, 2.05) is 0 Å². The maximum absolute atomic E-state index is 4.37. The lowest BCUT2D eigenvalue weighted by Gasteiger charge is -2.07. The van der Waals surface area contributed by atoms with Crippen molar-refractivity contribution in [3.63, 3.8) is 0 Å². The summed E-state index contributed by atoms with van der Waals surface area (Å²) in [6.07, 6.45) is 1.14. The topological polar surface area (TPSA) is 12.4 Å². The van der Waals surface area contributed by atoms with Crippen molar-refractivity contribution in [2.75, 3.05) is 6.54 Å². The molecule has 0 saturated heterocycles. The highest BCUT2D eigenvalue weighted by Gasteiger charge is 2.10. The van der Waals surface area contributed by atoms with Crippen LogP contribution >= 0.6 is 11.3 Å². The summed E-state index contributed by atoms with van der Waals surface area (Å²) in [6.45, 7) is 3.07. The number of hydrogen-bond acceptors (Lipinski definition) is 2. The minimum Gasteiger partial charge on any atom is -0.288 e. The Bertz CT molecular complexity index is 273. The molecule has 0 unspecified atom stereocenters. The average Bonchev–Trinajstić information content (AvgIpc) is 2.36. The Balaban J connectivity index is 2.55. The molecule has 1 aromatic heterocycles. The smallest absolute Gasteiger partial charge is 0.0510 e. The Kier molecular flexibility index (Phi) is 1.34. The predicted octanol–water partition coefficient (Wildman–Crippen LogP) is 2.11. The summed E-state index contributed by atoms with van der Waals surface area (Å²) < 4.78 is 0. The van der Waals surface area contributed by atoms with E-state index in [0.717, 1.165) is 13.0 Å².